The van der Waals surface area contributed by atoms with Crippen LogP contribution in [-0.4, -0.2) is 50.1 Å². The van der Waals surface area contributed by atoms with Crippen LogP contribution in [0.15, 0.2) is 17.5 Å². The monoisotopic (exact) mass is 309 g/mol. The topological polar surface area (TPSA) is 44.4 Å². The van der Waals surface area contributed by atoms with Gasteiger partial charge in [-0.25, -0.2) is 0 Å². The molecule has 0 radical (unpaired) electrons. The van der Waals surface area contributed by atoms with Crippen molar-refractivity contribution in [1.29, 1.82) is 0 Å². The van der Waals surface area contributed by atoms with Crippen LogP contribution in [0.3, 0.4) is 0 Å². The van der Waals surface area contributed by atoms with E-state index < -0.39 is 0 Å². The molecule has 0 spiro atoms. The summed E-state index contributed by atoms with van der Waals surface area (Å²) in [6, 6.07) is 4.17. The van der Waals surface area contributed by atoms with E-state index in [0.29, 0.717) is 12.5 Å². The molecule has 1 aliphatic rings. The van der Waals surface area contributed by atoms with Gasteiger partial charge >= 0.3 is 0 Å². The van der Waals surface area contributed by atoms with Crippen LogP contribution in [0.2, 0.25) is 0 Å². The Balaban J connectivity index is 1.64. The van der Waals surface area contributed by atoms with Gasteiger partial charge in [0.15, 0.2) is 0 Å². The van der Waals surface area contributed by atoms with Crippen molar-refractivity contribution in [3.05, 3.63) is 22.4 Å². The summed E-state index contributed by atoms with van der Waals surface area (Å²) in [5.41, 5.74) is 0. The molecule has 5 heteroatoms. The summed E-state index contributed by atoms with van der Waals surface area (Å²) in [6.45, 7) is 7.60. The van der Waals surface area contributed by atoms with E-state index in [1.54, 1.807) is 11.3 Å². The van der Waals surface area contributed by atoms with Crippen molar-refractivity contribution in [2.75, 3.05) is 39.3 Å². The maximum absolute atomic E-state index is 12.0. The molecule has 2 heterocycles. The molecule has 4 nitrogen and oxygen atoms in total. The number of nitrogens with zero attached hydrogens (tertiary/aromatic N) is 1. The van der Waals surface area contributed by atoms with Crippen LogP contribution in [0.25, 0.3) is 0 Å². The van der Waals surface area contributed by atoms with Gasteiger partial charge in [0.05, 0.1) is 6.54 Å². The molecule has 0 saturated carbocycles. The molecular weight excluding hydrogens is 282 g/mol. The summed E-state index contributed by atoms with van der Waals surface area (Å²) in [4.78, 5) is 15.6. The molecule has 118 valence electrons. The van der Waals surface area contributed by atoms with Gasteiger partial charge in [-0.2, -0.15) is 0 Å². The lowest BCUT2D eigenvalue weighted by atomic mass is 9.99. The third kappa shape index (κ3) is 6.16. The molecule has 1 saturated heterocycles. The molecule has 2 rings (SSSR count). The number of nitrogens with one attached hydrogen (secondary N) is 2. The minimum atomic E-state index is 0.150. The maximum atomic E-state index is 12.0. The lowest BCUT2D eigenvalue weighted by Gasteiger charge is -2.29. The highest BCUT2D eigenvalue weighted by Crippen LogP contribution is 2.11. The second kappa shape index (κ2) is 9.18. The molecule has 1 aromatic rings. The molecule has 1 aromatic heterocycles. The van der Waals surface area contributed by atoms with E-state index in [-0.39, 0.29) is 5.91 Å². The van der Waals surface area contributed by atoms with E-state index in [9.17, 15) is 4.79 Å². The minimum Gasteiger partial charge on any atom is -0.355 e. The summed E-state index contributed by atoms with van der Waals surface area (Å²) in [5, 5.41) is 8.55. The van der Waals surface area contributed by atoms with Crippen LogP contribution in [0.1, 0.15) is 24.6 Å². The zero-order valence-electron chi connectivity index (χ0n) is 12.9. The fraction of sp³-hybridized carbons (Fsp3) is 0.688. The normalized spacial score (nSPS) is 18.9. The zero-order chi connectivity index (χ0) is 14.9. The number of hydrogen-bond acceptors (Lipinski definition) is 4. The molecule has 1 unspecified atom stereocenters. The Hall–Kier alpha value is -0.910. The van der Waals surface area contributed by atoms with Gasteiger partial charge in [0, 0.05) is 18.0 Å². The highest BCUT2D eigenvalue weighted by molar-refractivity contribution is 7.09. The number of thiophene rings is 1. The first-order valence-corrected chi connectivity index (χ1v) is 8.88. The van der Waals surface area contributed by atoms with Gasteiger partial charge in [0.25, 0.3) is 0 Å². The second-order valence-corrected chi connectivity index (χ2v) is 6.75. The first-order valence-electron chi connectivity index (χ1n) is 8.00. The summed E-state index contributed by atoms with van der Waals surface area (Å²) < 4.78 is 0. The van der Waals surface area contributed by atoms with Crippen LogP contribution < -0.4 is 10.6 Å². The van der Waals surface area contributed by atoms with E-state index in [4.69, 9.17) is 0 Å². The first-order chi connectivity index (χ1) is 10.3. The Morgan fingerprint density at radius 1 is 1.57 bits per heavy atom. The Morgan fingerprint density at radius 2 is 2.48 bits per heavy atom. The van der Waals surface area contributed by atoms with Crippen LogP contribution in [0.4, 0.5) is 0 Å². The quantitative estimate of drug-likeness (QED) is 0.769. The van der Waals surface area contributed by atoms with E-state index in [1.807, 2.05) is 0 Å². The number of hydrogen-bond donors (Lipinski definition) is 2. The molecule has 0 bridgehead atoms. The van der Waals surface area contributed by atoms with Crippen LogP contribution in [0.5, 0.6) is 0 Å². The highest BCUT2D eigenvalue weighted by atomic mass is 32.1. The summed E-state index contributed by atoms with van der Waals surface area (Å²) in [5.74, 6) is 0.842. The van der Waals surface area contributed by atoms with Gasteiger partial charge in [-0.15, -0.1) is 11.3 Å². The van der Waals surface area contributed by atoms with Gasteiger partial charge in [-0.1, -0.05) is 13.0 Å². The number of piperidine rings is 1. The Morgan fingerprint density at radius 3 is 3.14 bits per heavy atom. The van der Waals surface area contributed by atoms with Gasteiger partial charge in [-0.3, -0.25) is 9.69 Å². The van der Waals surface area contributed by atoms with Gasteiger partial charge in [-0.05, 0) is 56.3 Å². The van der Waals surface area contributed by atoms with Crippen molar-refractivity contribution in [1.82, 2.24) is 15.5 Å². The fourth-order valence-electron chi connectivity index (χ4n) is 2.79. The zero-order valence-corrected chi connectivity index (χ0v) is 13.8. The molecule has 21 heavy (non-hydrogen) atoms. The van der Waals surface area contributed by atoms with Crippen LogP contribution in [-0.2, 0) is 11.2 Å². The third-order valence-corrected chi connectivity index (χ3v) is 4.94. The van der Waals surface area contributed by atoms with Crippen LogP contribution >= 0.6 is 11.3 Å². The van der Waals surface area contributed by atoms with E-state index >= 15 is 0 Å². The average Bonchev–Trinajstić information content (AvgIpc) is 3.01. The molecule has 1 amide bonds. The summed E-state index contributed by atoms with van der Waals surface area (Å²) in [7, 11) is 0. The lowest BCUT2D eigenvalue weighted by molar-refractivity contribution is -0.122. The largest absolute Gasteiger partial charge is 0.355 e. The SMILES string of the molecule is CCN(CC(=O)NCCc1cccs1)CC1CCCNC1. The number of carbonyl (C=O) groups excluding carboxylic acids is 1. The number of carbonyl (C=O) groups is 1. The Labute approximate surface area is 131 Å². The molecule has 0 aromatic carbocycles. The Kier molecular flexibility index (Phi) is 7.19. The standard InChI is InChI=1S/C16H27N3OS/c1-2-19(12-14-5-3-8-17-11-14)13-16(20)18-9-7-15-6-4-10-21-15/h4,6,10,14,17H,2-3,5,7-9,11-13H2,1H3,(H,18,20). The van der Waals surface area contributed by atoms with Gasteiger partial charge in [0.1, 0.15) is 0 Å². The number of likely N-dealkylation sites (N-methyl/N-ethyl adjacent to an activating group) is 1. The fourth-order valence-corrected chi connectivity index (χ4v) is 3.50. The van der Waals surface area contributed by atoms with Crippen molar-refractivity contribution in [3.8, 4) is 0 Å². The van der Waals surface area contributed by atoms with Crippen molar-refractivity contribution in [2.45, 2.75) is 26.2 Å². The van der Waals surface area contributed by atoms with E-state index in [0.717, 1.165) is 39.1 Å². The van der Waals surface area contributed by atoms with Crippen LogP contribution in [0, 0.1) is 5.92 Å². The molecular formula is C16H27N3OS. The molecule has 0 aliphatic carbocycles. The number of rotatable bonds is 8. The predicted molar refractivity (Wildman–Crippen MR) is 88.7 cm³/mol. The van der Waals surface area contributed by atoms with Crippen molar-refractivity contribution < 1.29 is 4.79 Å². The van der Waals surface area contributed by atoms with E-state index in [1.165, 1.54) is 17.7 Å². The minimum absolute atomic E-state index is 0.150. The van der Waals surface area contributed by atoms with Gasteiger partial charge < -0.3 is 10.6 Å². The van der Waals surface area contributed by atoms with Crippen molar-refractivity contribution in [3.63, 3.8) is 0 Å². The van der Waals surface area contributed by atoms with Gasteiger partial charge in [0.2, 0.25) is 5.91 Å². The molecule has 1 atom stereocenters. The average molecular weight is 309 g/mol. The highest BCUT2D eigenvalue weighted by Gasteiger charge is 2.17. The lowest BCUT2D eigenvalue weighted by Crippen LogP contribution is -2.43. The van der Waals surface area contributed by atoms with Crippen molar-refractivity contribution in [2.24, 2.45) is 5.92 Å². The second-order valence-electron chi connectivity index (χ2n) is 5.72. The first kappa shape index (κ1) is 16.5. The molecule has 2 N–H and O–H groups in total. The summed E-state index contributed by atoms with van der Waals surface area (Å²) >= 11 is 1.75. The smallest absolute Gasteiger partial charge is 0.234 e. The Bertz CT molecular complexity index is 402. The third-order valence-electron chi connectivity index (χ3n) is 4.00. The molecule has 1 aliphatic heterocycles. The summed E-state index contributed by atoms with van der Waals surface area (Å²) in [6.07, 6.45) is 3.47. The predicted octanol–water partition coefficient (Wildman–Crippen LogP) is 1.73. The number of amides is 1. The van der Waals surface area contributed by atoms with E-state index in [2.05, 4.69) is 40.0 Å². The van der Waals surface area contributed by atoms with Crippen molar-refractivity contribution >= 4 is 17.2 Å². The maximum Gasteiger partial charge on any atom is 0.234 e. The molecule has 1 fully saturated rings.